The first-order valence-electron chi connectivity index (χ1n) is 8.33. The van der Waals surface area contributed by atoms with E-state index in [-0.39, 0.29) is 0 Å². The van der Waals surface area contributed by atoms with E-state index >= 15 is 0 Å². The van der Waals surface area contributed by atoms with Gasteiger partial charge >= 0.3 is 0 Å². The summed E-state index contributed by atoms with van der Waals surface area (Å²) in [7, 11) is 0. The van der Waals surface area contributed by atoms with E-state index in [1.54, 1.807) is 0 Å². The number of benzene rings is 1. The molecule has 0 aliphatic rings. The molecule has 0 saturated heterocycles. The molecule has 4 heterocycles. The first-order chi connectivity index (χ1) is 11.5. The Bertz CT molecular complexity index is 1110. The third-order valence-corrected chi connectivity index (χ3v) is 9.98. The zero-order chi connectivity index (χ0) is 16.6. The molecule has 0 bridgehead atoms. The zero-order valence-electron chi connectivity index (χ0n) is 14.1. The molecule has 24 heavy (non-hydrogen) atoms. The highest BCUT2D eigenvalue weighted by molar-refractivity contribution is 7.34. The second kappa shape index (κ2) is 5.28. The van der Waals surface area contributed by atoms with Crippen LogP contribution in [0.25, 0.3) is 39.0 Å². The van der Waals surface area contributed by atoms with Crippen molar-refractivity contribution in [1.29, 1.82) is 0 Å². The van der Waals surface area contributed by atoms with Gasteiger partial charge in [0.2, 0.25) is 0 Å². The first kappa shape index (κ1) is 15.3. The van der Waals surface area contributed by atoms with Crippen molar-refractivity contribution in [3.8, 4) is 0 Å². The molecule has 0 spiro atoms. The van der Waals surface area contributed by atoms with Crippen LogP contribution in [0, 0.1) is 0 Å². The molecular weight excluding hydrogens is 368 g/mol. The Labute approximate surface area is 157 Å². The Hall–Kier alpha value is -0.940. The Morgan fingerprint density at radius 3 is 1.33 bits per heavy atom. The van der Waals surface area contributed by atoms with Crippen molar-refractivity contribution in [1.82, 2.24) is 0 Å². The Morgan fingerprint density at radius 1 is 0.542 bits per heavy atom. The third-order valence-electron chi connectivity index (χ3n) is 4.58. The van der Waals surface area contributed by atoms with Crippen LogP contribution < -0.4 is 0 Å². The molecule has 5 rings (SSSR count). The van der Waals surface area contributed by atoms with E-state index in [0.29, 0.717) is 11.8 Å². The average molecular weight is 387 g/mol. The van der Waals surface area contributed by atoms with Crippen LogP contribution in [0.15, 0.2) is 24.3 Å². The molecule has 0 unspecified atom stereocenters. The van der Waals surface area contributed by atoms with E-state index in [4.69, 9.17) is 0 Å². The summed E-state index contributed by atoms with van der Waals surface area (Å²) in [4.78, 5) is 3.01. The molecule has 4 heteroatoms. The van der Waals surface area contributed by atoms with Crippen molar-refractivity contribution < 1.29 is 0 Å². The Balaban J connectivity index is 1.81. The van der Waals surface area contributed by atoms with Crippen LogP contribution in [0.3, 0.4) is 0 Å². The first-order valence-corrected chi connectivity index (χ1v) is 11.6. The minimum absolute atomic E-state index is 0.620. The molecule has 1 aromatic carbocycles. The largest absolute Gasteiger partial charge is 0.138 e. The van der Waals surface area contributed by atoms with Gasteiger partial charge in [-0.25, -0.2) is 0 Å². The summed E-state index contributed by atoms with van der Waals surface area (Å²) in [6.07, 6.45) is 0. The fourth-order valence-electron chi connectivity index (χ4n) is 3.20. The number of fused-ring (bicyclic) bond motifs is 6. The lowest BCUT2D eigenvalue weighted by atomic mass is 10.2. The van der Waals surface area contributed by atoms with Crippen molar-refractivity contribution in [3.05, 3.63) is 34.0 Å². The smallest absolute Gasteiger partial charge is 0.0532 e. The van der Waals surface area contributed by atoms with Crippen LogP contribution in [0.1, 0.15) is 49.3 Å². The van der Waals surface area contributed by atoms with Crippen molar-refractivity contribution in [2.75, 3.05) is 0 Å². The summed E-state index contributed by atoms with van der Waals surface area (Å²) in [6.45, 7) is 9.15. The lowest BCUT2D eigenvalue weighted by Crippen LogP contribution is -1.77. The van der Waals surface area contributed by atoms with Gasteiger partial charge in [0.15, 0.2) is 0 Å². The van der Waals surface area contributed by atoms with Gasteiger partial charge in [-0.3, -0.25) is 0 Å². The molecule has 0 aliphatic carbocycles. The average Bonchev–Trinajstić information content (AvgIpc) is 3.22. The molecule has 0 amide bonds. The molecular formula is C20H18S4. The second-order valence-corrected chi connectivity index (χ2v) is 11.4. The minimum Gasteiger partial charge on any atom is -0.138 e. The number of rotatable bonds is 2. The highest BCUT2D eigenvalue weighted by Gasteiger charge is 2.16. The van der Waals surface area contributed by atoms with Gasteiger partial charge in [-0.1, -0.05) is 27.7 Å². The molecule has 0 nitrogen and oxygen atoms in total. The van der Waals surface area contributed by atoms with E-state index in [1.807, 2.05) is 45.3 Å². The standard InChI is InChI=1S/C20H18S4/c1-9(2)13-7-17-19(23-13)11-5-16-12(6-15(11)21-17)20-18(22-16)8-14(24-20)10(3)4/h5-10H,1-4H3. The molecule has 0 saturated carbocycles. The topological polar surface area (TPSA) is 0 Å². The molecule has 0 radical (unpaired) electrons. The van der Waals surface area contributed by atoms with Crippen molar-refractivity contribution >= 4 is 84.3 Å². The van der Waals surface area contributed by atoms with Crippen LogP contribution in [-0.4, -0.2) is 0 Å². The third kappa shape index (κ3) is 2.13. The summed E-state index contributed by atoms with van der Waals surface area (Å²) in [5.74, 6) is 1.24. The van der Waals surface area contributed by atoms with Crippen molar-refractivity contribution in [2.45, 2.75) is 39.5 Å². The van der Waals surface area contributed by atoms with Gasteiger partial charge in [0.25, 0.3) is 0 Å². The molecule has 122 valence electrons. The summed E-state index contributed by atoms with van der Waals surface area (Å²) in [5.41, 5.74) is 0. The molecule has 5 aromatic rings. The van der Waals surface area contributed by atoms with Crippen LogP contribution in [-0.2, 0) is 0 Å². The van der Waals surface area contributed by atoms with E-state index in [0.717, 1.165) is 0 Å². The maximum Gasteiger partial charge on any atom is 0.0532 e. The van der Waals surface area contributed by atoms with Crippen LogP contribution in [0.5, 0.6) is 0 Å². The van der Waals surface area contributed by atoms with Gasteiger partial charge in [0.1, 0.15) is 0 Å². The summed E-state index contributed by atoms with van der Waals surface area (Å²) in [6, 6.07) is 9.69. The maximum atomic E-state index is 2.44. The second-order valence-electron chi connectivity index (χ2n) is 7.04. The molecule has 0 atom stereocenters. The van der Waals surface area contributed by atoms with E-state index in [2.05, 4.69) is 52.0 Å². The van der Waals surface area contributed by atoms with Crippen molar-refractivity contribution in [3.63, 3.8) is 0 Å². The monoisotopic (exact) mass is 386 g/mol. The quantitative estimate of drug-likeness (QED) is 0.284. The van der Waals surface area contributed by atoms with E-state index in [1.165, 1.54) is 48.7 Å². The molecule has 0 aliphatic heterocycles. The summed E-state index contributed by atoms with van der Waals surface area (Å²) in [5, 5.41) is 2.91. The molecule has 0 N–H and O–H groups in total. The van der Waals surface area contributed by atoms with Crippen molar-refractivity contribution in [2.24, 2.45) is 0 Å². The predicted octanol–water partition coefficient (Wildman–Crippen LogP) is 8.79. The highest BCUT2D eigenvalue weighted by Crippen LogP contribution is 2.47. The highest BCUT2D eigenvalue weighted by atomic mass is 32.1. The number of hydrogen-bond acceptors (Lipinski definition) is 4. The minimum atomic E-state index is 0.620. The maximum absolute atomic E-state index is 2.44. The van der Waals surface area contributed by atoms with Gasteiger partial charge < -0.3 is 0 Å². The zero-order valence-corrected chi connectivity index (χ0v) is 17.4. The van der Waals surface area contributed by atoms with Crippen LogP contribution >= 0.6 is 45.3 Å². The van der Waals surface area contributed by atoms with Crippen LogP contribution in [0.2, 0.25) is 0 Å². The van der Waals surface area contributed by atoms with E-state index in [9.17, 15) is 0 Å². The SMILES string of the molecule is CC(C)c1cc2sc3cc4c(cc3c2s1)sc1cc(C(C)C)sc14. The van der Waals surface area contributed by atoms with E-state index < -0.39 is 0 Å². The van der Waals surface area contributed by atoms with Gasteiger partial charge in [-0.05, 0) is 36.1 Å². The fourth-order valence-corrected chi connectivity index (χ4v) is 8.30. The number of thiophene rings is 4. The lowest BCUT2D eigenvalue weighted by Gasteiger charge is -1.98. The van der Waals surface area contributed by atoms with Gasteiger partial charge in [0.05, 0.1) is 9.40 Å². The number of hydrogen-bond donors (Lipinski definition) is 0. The normalized spacial score (nSPS) is 12.9. The predicted molar refractivity (Wildman–Crippen MR) is 116 cm³/mol. The summed E-state index contributed by atoms with van der Waals surface area (Å²) < 4.78 is 8.78. The Morgan fingerprint density at radius 2 is 0.958 bits per heavy atom. The lowest BCUT2D eigenvalue weighted by molar-refractivity contribution is 0.890. The van der Waals surface area contributed by atoms with Gasteiger partial charge in [-0.15, -0.1) is 45.3 Å². The summed E-state index contributed by atoms with van der Waals surface area (Å²) >= 11 is 7.89. The fraction of sp³-hybridized carbons (Fsp3) is 0.300. The Kier molecular flexibility index (Phi) is 3.37. The van der Waals surface area contributed by atoms with Gasteiger partial charge in [0, 0.05) is 39.3 Å². The van der Waals surface area contributed by atoms with Gasteiger partial charge in [-0.2, -0.15) is 0 Å². The van der Waals surface area contributed by atoms with Crippen LogP contribution in [0.4, 0.5) is 0 Å². The molecule has 0 fully saturated rings. The molecule has 4 aromatic heterocycles.